The number of aryl methyl sites for hydroxylation is 1. The number of nitrogens with zero attached hydrogens (tertiary/aromatic N) is 1. The lowest BCUT2D eigenvalue weighted by molar-refractivity contribution is 0.112. The first-order valence-corrected chi connectivity index (χ1v) is 10.9. The van der Waals surface area contributed by atoms with Crippen molar-refractivity contribution in [3.8, 4) is 0 Å². The van der Waals surface area contributed by atoms with E-state index in [1.807, 2.05) is 13.0 Å². The van der Waals surface area contributed by atoms with Crippen LogP contribution in [0.3, 0.4) is 0 Å². The Hall–Kier alpha value is -1.80. The second kappa shape index (κ2) is 8.26. The summed E-state index contributed by atoms with van der Waals surface area (Å²) in [5.41, 5.74) is 2.35. The Labute approximate surface area is 155 Å². The molecule has 2 N–H and O–H groups in total. The molecule has 0 spiro atoms. The van der Waals surface area contributed by atoms with E-state index in [1.54, 1.807) is 12.1 Å². The van der Waals surface area contributed by atoms with Crippen LogP contribution in [0.1, 0.15) is 38.2 Å². The second-order valence-electron chi connectivity index (χ2n) is 6.81. The highest BCUT2D eigenvalue weighted by Gasteiger charge is 2.27. The summed E-state index contributed by atoms with van der Waals surface area (Å²) in [5.74, 6) is 0.151. The van der Waals surface area contributed by atoms with Gasteiger partial charge in [0.25, 0.3) is 0 Å². The number of hydrogen-bond acceptors (Lipinski definition) is 4. The number of amides is 2. The molecule has 1 atom stereocenters. The summed E-state index contributed by atoms with van der Waals surface area (Å²) < 4.78 is 31.9. The zero-order valence-corrected chi connectivity index (χ0v) is 16.0. The molecule has 0 radical (unpaired) electrons. The first-order valence-electron chi connectivity index (χ1n) is 9.29. The van der Waals surface area contributed by atoms with E-state index >= 15 is 0 Å². The van der Waals surface area contributed by atoms with Gasteiger partial charge in [-0.05, 0) is 55.9 Å². The fourth-order valence-electron chi connectivity index (χ4n) is 3.48. The van der Waals surface area contributed by atoms with Gasteiger partial charge in [-0.2, -0.15) is 0 Å². The molecule has 0 unspecified atom stereocenters. The van der Waals surface area contributed by atoms with Crippen LogP contribution >= 0.6 is 0 Å². The normalized spacial score (nSPS) is 19.9. The molecule has 1 fully saturated rings. The van der Waals surface area contributed by atoms with Crippen molar-refractivity contribution in [1.29, 1.82) is 0 Å². The average Bonchev–Trinajstić information content (AvgIpc) is 3.13. The Morgan fingerprint density at radius 1 is 1.35 bits per heavy atom. The van der Waals surface area contributed by atoms with E-state index in [1.165, 1.54) is 4.31 Å². The Morgan fingerprint density at radius 2 is 2.19 bits per heavy atom. The van der Waals surface area contributed by atoms with E-state index in [9.17, 15) is 13.2 Å². The highest BCUT2D eigenvalue weighted by atomic mass is 32.2. The molecule has 2 aliphatic rings. The van der Waals surface area contributed by atoms with Crippen molar-refractivity contribution in [2.24, 2.45) is 0 Å². The Kier molecular flexibility index (Phi) is 6.03. The van der Waals surface area contributed by atoms with Crippen LogP contribution in [0.4, 0.5) is 16.2 Å². The van der Waals surface area contributed by atoms with Crippen molar-refractivity contribution in [2.45, 2.75) is 45.1 Å². The lowest BCUT2D eigenvalue weighted by atomic mass is 10.0. The van der Waals surface area contributed by atoms with E-state index in [-0.39, 0.29) is 17.9 Å². The molecular weight excluding hydrogens is 354 g/mol. The number of fused-ring (bicyclic) bond motifs is 1. The average molecular weight is 381 g/mol. The fourth-order valence-corrected chi connectivity index (χ4v) is 5.11. The SMILES string of the molecule is CCCS(=O)(=O)N1CCCc2cc(NC(=O)NC[C@@H]3CCCO3)ccc21. The van der Waals surface area contributed by atoms with Gasteiger partial charge in [-0.3, -0.25) is 4.31 Å². The molecule has 0 aromatic heterocycles. The van der Waals surface area contributed by atoms with Gasteiger partial charge in [-0.25, -0.2) is 13.2 Å². The zero-order valence-electron chi connectivity index (χ0n) is 15.2. The first kappa shape index (κ1) is 19.0. The topological polar surface area (TPSA) is 87.7 Å². The van der Waals surface area contributed by atoms with E-state index in [2.05, 4.69) is 10.6 Å². The number of ether oxygens (including phenoxy) is 1. The number of anilines is 2. The van der Waals surface area contributed by atoms with Crippen molar-refractivity contribution < 1.29 is 17.9 Å². The first-order chi connectivity index (χ1) is 12.5. The quantitative estimate of drug-likeness (QED) is 0.792. The van der Waals surface area contributed by atoms with E-state index in [0.29, 0.717) is 25.2 Å². The van der Waals surface area contributed by atoms with Crippen LogP contribution in [0, 0.1) is 0 Å². The molecule has 2 amide bonds. The van der Waals surface area contributed by atoms with Gasteiger partial charge in [0, 0.05) is 25.4 Å². The molecule has 1 aromatic rings. The molecule has 2 heterocycles. The minimum Gasteiger partial charge on any atom is -0.376 e. The minimum absolute atomic E-state index is 0.0987. The predicted molar refractivity (Wildman–Crippen MR) is 102 cm³/mol. The van der Waals surface area contributed by atoms with Gasteiger partial charge in [0.2, 0.25) is 10.0 Å². The molecular formula is C18H27N3O4S. The Morgan fingerprint density at radius 3 is 2.92 bits per heavy atom. The maximum atomic E-state index is 12.5. The minimum atomic E-state index is -3.28. The van der Waals surface area contributed by atoms with Gasteiger partial charge >= 0.3 is 6.03 Å². The van der Waals surface area contributed by atoms with Crippen molar-refractivity contribution in [1.82, 2.24) is 5.32 Å². The number of urea groups is 1. The smallest absolute Gasteiger partial charge is 0.319 e. The van der Waals surface area contributed by atoms with Crippen LogP contribution < -0.4 is 14.9 Å². The van der Waals surface area contributed by atoms with Crippen LogP contribution in [0.5, 0.6) is 0 Å². The van der Waals surface area contributed by atoms with Gasteiger partial charge in [0.15, 0.2) is 0 Å². The maximum Gasteiger partial charge on any atom is 0.319 e. The van der Waals surface area contributed by atoms with Crippen LogP contribution in [0.15, 0.2) is 18.2 Å². The summed E-state index contributed by atoms with van der Waals surface area (Å²) in [5, 5.41) is 5.64. The molecule has 1 aromatic carbocycles. The van der Waals surface area contributed by atoms with E-state index in [4.69, 9.17) is 4.74 Å². The largest absolute Gasteiger partial charge is 0.376 e. The number of sulfonamides is 1. The van der Waals surface area contributed by atoms with Crippen LogP contribution in [-0.4, -0.2) is 46.0 Å². The van der Waals surface area contributed by atoms with Gasteiger partial charge in [0.05, 0.1) is 17.5 Å². The van der Waals surface area contributed by atoms with Gasteiger partial charge < -0.3 is 15.4 Å². The van der Waals surface area contributed by atoms with Crippen LogP contribution in [0.25, 0.3) is 0 Å². The zero-order chi connectivity index (χ0) is 18.6. The Balaban J connectivity index is 1.65. The molecule has 8 heteroatoms. The van der Waals surface area contributed by atoms with Gasteiger partial charge in [-0.15, -0.1) is 0 Å². The van der Waals surface area contributed by atoms with E-state index in [0.717, 1.165) is 43.5 Å². The Bertz CT molecular complexity index is 745. The third-order valence-corrected chi connectivity index (χ3v) is 6.70. The van der Waals surface area contributed by atoms with Crippen molar-refractivity contribution in [3.05, 3.63) is 23.8 Å². The second-order valence-corrected chi connectivity index (χ2v) is 8.82. The molecule has 1 saturated heterocycles. The number of benzene rings is 1. The summed E-state index contributed by atoms with van der Waals surface area (Å²) in [7, 11) is -3.28. The third kappa shape index (κ3) is 4.48. The van der Waals surface area contributed by atoms with Crippen LogP contribution in [-0.2, 0) is 21.2 Å². The number of carbonyl (C=O) groups excluding carboxylic acids is 1. The predicted octanol–water partition coefficient (Wildman–Crippen LogP) is 2.48. The molecule has 7 nitrogen and oxygen atoms in total. The number of nitrogens with one attached hydrogen (secondary N) is 2. The molecule has 0 bridgehead atoms. The van der Waals surface area contributed by atoms with Gasteiger partial charge in [-0.1, -0.05) is 6.92 Å². The lowest BCUT2D eigenvalue weighted by Gasteiger charge is -2.30. The fraction of sp³-hybridized carbons (Fsp3) is 0.611. The summed E-state index contributed by atoms with van der Waals surface area (Å²) in [6.45, 7) is 3.64. The summed E-state index contributed by atoms with van der Waals surface area (Å²) in [6.07, 6.45) is 4.29. The summed E-state index contributed by atoms with van der Waals surface area (Å²) >= 11 is 0. The molecule has 3 rings (SSSR count). The monoisotopic (exact) mass is 381 g/mol. The summed E-state index contributed by atoms with van der Waals surface area (Å²) in [6, 6.07) is 5.14. The summed E-state index contributed by atoms with van der Waals surface area (Å²) in [4.78, 5) is 12.1. The number of carbonyl (C=O) groups is 1. The highest BCUT2D eigenvalue weighted by Crippen LogP contribution is 2.32. The highest BCUT2D eigenvalue weighted by molar-refractivity contribution is 7.92. The maximum absolute atomic E-state index is 12.5. The number of hydrogen-bond donors (Lipinski definition) is 2. The third-order valence-electron chi connectivity index (χ3n) is 4.73. The van der Waals surface area contributed by atoms with Crippen molar-refractivity contribution in [3.63, 3.8) is 0 Å². The van der Waals surface area contributed by atoms with E-state index < -0.39 is 10.0 Å². The van der Waals surface area contributed by atoms with Crippen molar-refractivity contribution in [2.75, 3.05) is 35.1 Å². The molecule has 26 heavy (non-hydrogen) atoms. The standard InChI is InChI=1S/C18H27N3O4S/c1-2-11-26(23,24)21-9-3-5-14-12-15(7-8-17(14)21)20-18(22)19-13-16-6-4-10-25-16/h7-8,12,16H,2-6,9-11,13H2,1H3,(H2,19,20,22)/t16-/m0/s1. The number of rotatable bonds is 6. The van der Waals surface area contributed by atoms with Gasteiger partial charge in [0.1, 0.15) is 0 Å². The van der Waals surface area contributed by atoms with Crippen LogP contribution in [0.2, 0.25) is 0 Å². The molecule has 0 aliphatic carbocycles. The molecule has 144 valence electrons. The molecule has 2 aliphatic heterocycles. The lowest BCUT2D eigenvalue weighted by Crippen LogP contribution is -2.37. The van der Waals surface area contributed by atoms with Crippen molar-refractivity contribution >= 4 is 27.4 Å². The molecule has 0 saturated carbocycles.